The summed E-state index contributed by atoms with van der Waals surface area (Å²) in [5.41, 5.74) is 37.5. The fraction of sp³-hybridized carbons (Fsp3) is 0.220. The zero-order chi connectivity index (χ0) is 69.7. The number of thiophene rings is 1. The van der Waals surface area contributed by atoms with Gasteiger partial charge in [-0.05, 0) is 231 Å². The van der Waals surface area contributed by atoms with Gasteiger partial charge in [-0.15, -0.1) is 11.3 Å². The molecule has 14 aromatic rings. The molecule has 1 aromatic heterocycles. The molecule has 0 saturated heterocycles. The molecule has 0 saturated carbocycles. The van der Waals surface area contributed by atoms with Crippen LogP contribution in [0.15, 0.2) is 273 Å². The van der Waals surface area contributed by atoms with Crippen molar-refractivity contribution in [1.82, 2.24) is 0 Å². The van der Waals surface area contributed by atoms with Crippen molar-refractivity contribution in [3.63, 3.8) is 0 Å². The van der Waals surface area contributed by atoms with Gasteiger partial charge >= 0.3 is 0 Å². The predicted molar refractivity (Wildman–Crippen MR) is 441 cm³/mol. The number of nitrogens with zero attached hydrogens (tertiary/aromatic N) is 2. The van der Waals surface area contributed by atoms with E-state index in [0.29, 0.717) is 0 Å². The van der Waals surface area contributed by atoms with Gasteiger partial charge in [0.25, 0.3) is 0 Å². The summed E-state index contributed by atoms with van der Waals surface area (Å²) < 4.78 is 2.64. The van der Waals surface area contributed by atoms with E-state index in [-0.39, 0.29) is 10.8 Å². The largest absolute Gasteiger partial charge is 0.310 e. The van der Waals surface area contributed by atoms with Crippen LogP contribution in [0, 0.1) is 20.8 Å². The van der Waals surface area contributed by atoms with E-state index in [0.717, 1.165) is 42.7 Å². The van der Waals surface area contributed by atoms with E-state index in [1.54, 1.807) is 0 Å². The van der Waals surface area contributed by atoms with Gasteiger partial charge in [-0.25, -0.2) is 0 Å². The van der Waals surface area contributed by atoms with Crippen molar-refractivity contribution in [3.8, 4) is 66.8 Å². The van der Waals surface area contributed by atoms with Crippen molar-refractivity contribution >= 4 is 65.6 Å². The molecule has 0 bridgehead atoms. The van der Waals surface area contributed by atoms with E-state index in [2.05, 4.69) is 331 Å². The van der Waals surface area contributed by atoms with Gasteiger partial charge in [-0.2, -0.15) is 0 Å². The van der Waals surface area contributed by atoms with Crippen LogP contribution in [0.5, 0.6) is 0 Å². The number of hydrogen-bond donors (Lipinski definition) is 0. The second kappa shape index (κ2) is 25.9. The first-order valence-corrected chi connectivity index (χ1v) is 39.2. The average molecular weight is 1350 g/mol. The fourth-order valence-electron chi connectivity index (χ4n) is 19.6. The Kier molecular flexibility index (Phi) is 16.3. The summed E-state index contributed by atoms with van der Waals surface area (Å²) in [6, 6.07) is 106. The van der Waals surface area contributed by atoms with Gasteiger partial charge in [0, 0.05) is 65.0 Å². The molecule has 103 heavy (non-hydrogen) atoms. The molecule has 1 spiro atoms. The topological polar surface area (TPSA) is 6.48 Å². The molecule has 0 atom stereocenters. The maximum atomic E-state index is 2.64. The lowest BCUT2D eigenvalue weighted by molar-refractivity contribution is 0.414. The maximum absolute atomic E-state index is 2.64. The number of unbranched alkanes of at least 4 members (excludes halogenated alkanes) is 4. The van der Waals surface area contributed by atoms with Crippen molar-refractivity contribution in [3.05, 3.63) is 334 Å². The second-order valence-corrected chi connectivity index (χ2v) is 31.3. The second-order valence-electron chi connectivity index (χ2n) is 30.3. The molecule has 4 aliphatic carbocycles. The van der Waals surface area contributed by atoms with Crippen molar-refractivity contribution in [1.29, 1.82) is 0 Å². The Labute approximate surface area is 614 Å². The van der Waals surface area contributed by atoms with Gasteiger partial charge in [-0.3, -0.25) is 0 Å². The summed E-state index contributed by atoms with van der Waals surface area (Å²) in [6.45, 7) is 16.4. The van der Waals surface area contributed by atoms with E-state index in [1.807, 2.05) is 11.3 Å². The smallest absolute Gasteiger partial charge is 0.0726 e. The number of rotatable bonds is 20. The molecule has 506 valence electrons. The van der Waals surface area contributed by atoms with E-state index in [1.165, 1.54) is 217 Å². The summed E-state index contributed by atoms with van der Waals surface area (Å²) in [5, 5.41) is 2.63. The van der Waals surface area contributed by atoms with Gasteiger partial charge < -0.3 is 9.80 Å². The number of hydrogen-bond acceptors (Lipinski definition) is 3. The normalized spacial score (nSPS) is 14.1. The van der Waals surface area contributed by atoms with Crippen LogP contribution in [0.25, 0.3) is 86.9 Å². The highest BCUT2D eigenvalue weighted by Gasteiger charge is 2.53. The molecule has 0 fully saturated rings. The van der Waals surface area contributed by atoms with Crippen LogP contribution >= 0.6 is 11.3 Å². The summed E-state index contributed by atoms with van der Waals surface area (Å²) in [6.07, 6.45) is 14.1. The molecule has 0 N–H and O–H groups in total. The first kappa shape index (κ1) is 64.8. The maximum Gasteiger partial charge on any atom is 0.0726 e. The van der Waals surface area contributed by atoms with Crippen molar-refractivity contribution in [2.24, 2.45) is 0 Å². The Morgan fingerprint density at radius 2 is 0.680 bits per heavy atom. The highest BCUT2D eigenvalue weighted by atomic mass is 32.1. The number of aryl methyl sites for hydroxylation is 3. The highest BCUT2D eigenvalue weighted by molar-refractivity contribution is 7.26. The SMILES string of the molecule is CCCCC1(CCCC)c2cc(C)ccc2-c2ccc(N(c3ccc(-c4ccc(N(c5ccc(-c6cccc7c6sc6ccccc67)cc5)c5cccc6c5-c5ccccc5C65c6ccccc6-c6ccccc65)cc4)c(C)c3)c3ccc4c(c3)C(CCCC)(CCCC)c3cc(C)ccc3-4)cc21. The zero-order valence-electron chi connectivity index (χ0n) is 60.8. The third kappa shape index (κ3) is 10.1. The Bertz CT molecular complexity index is 5460. The summed E-state index contributed by atoms with van der Waals surface area (Å²) in [5.74, 6) is 0. The van der Waals surface area contributed by atoms with Crippen LogP contribution in [0.4, 0.5) is 34.1 Å². The monoisotopic (exact) mass is 1350 g/mol. The van der Waals surface area contributed by atoms with Crippen LogP contribution in [0.3, 0.4) is 0 Å². The van der Waals surface area contributed by atoms with E-state index in [9.17, 15) is 0 Å². The van der Waals surface area contributed by atoms with E-state index in [4.69, 9.17) is 0 Å². The predicted octanol–water partition coefficient (Wildman–Crippen LogP) is 28.9. The third-order valence-corrected chi connectivity index (χ3v) is 25.5. The average Bonchev–Trinajstić information content (AvgIpc) is 1.51. The Balaban J connectivity index is 0.781. The lowest BCUT2D eigenvalue weighted by Crippen LogP contribution is -2.26. The minimum atomic E-state index is -0.477. The quantitative estimate of drug-likeness (QED) is 0.0750. The van der Waals surface area contributed by atoms with Crippen LogP contribution in [-0.4, -0.2) is 0 Å². The van der Waals surface area contributed by atoms with Crippen LogP contribution in [0.2, 0.25) is 0 Å². The standard InChI is InChI=1S/C100H90N2S/c1-8-12-56-98(57-13-9-2)90-60-65(5)38-51-79(90)81-54-49-73(63-92(81)98)101(74-50-55-82-80-52-39-66(6)61-91(80)99(58-14-10-3,59-15-11-4)93(82)64-74)72-48-53-75(67(7)62-72)68-40-44-70(45-41-68)102(71-46-42-69(43-47-71)76-30-24-31-84-83-28-19-23-37-95(83)103-97(76)84)94-36-25-35-89-96(94)85-29-18-22-34-88(85)100(89)86-32-20-16-26-77(86)78-27-17-21-33-87(78)100/h16-55,60-64H,8-15,56-59H2,1-7H3. The number of anilines is 6. The lowest BCUT2D eigenvalue weighted by atomic mass is 9.70. The summed E-state index contributed by atoms with van der Waals surface area (Å²) >= 11 is 1.89. The fourth-order valence-corrected chi connectivity index (χ4v) is 20.8. The van der Waals surface area contributed by atoms with Crippen molar-refractivity contribution < 1.29 is 0 Å². The van der Waals surface area contributed by atoms with Gasteiger partial charge in [0.05, 0.1) is 11.1 Å². The summed E-state index contributed by atoms with van der Waals surface area (Å²) in [7, 11) is 0. The molecule has 1 heterocycles. The zero-order valence-corrected chi connectivity index (χ0v) is 61.6. The molecule has 0 radical (unpaired) electrons. The first-order valence-electron chi connectivity index (χ1n) is 38.4. The number of fused-ring (bicyclic) bond motifs is 19. The molecule has 0 amide bonds. The third-order valence-electron chi connectivity index (χ3n) is 24.3. The van der Waals surface area contributed by atoms with Crippen LogP contribution < -0.4 is 9.80 Å². The minimum absolute atomic E-state index is 0.0564. The van der Waals surface area contributed by atoms with Crippen LogP contribution in [-0.2, 0) is 16.2 Å². The van der Waals surface area contributed by atoms with Gasteiger partial charge in [-0.1, -0.05) is 290 Å². The molecule has 2 nitrogen and oxygen atoms in total. The summed E-state index contributed by atoms with van der Waals surface area (Å²) in [4.78, 5) is 5.17. The highest BCUT2D eigenvalue weighted by Crippen LogP contribution is 2.66. The molecule has 0 aliphatic heterocycles. The van der Waals surface area contributed by atoms with Crippen LogP contribution in [0.1, 0.15) is 166 Å². The lowest BCUT2D eigenvalue weighted by Gasteiger charge is -2.35. The van der Waals surface area contributed by atoms with Gasteiger partial charge in [0.15, 0.2) is 0 Å². The van der Waals surface area contributed by atoms with Crippen molar-refractivity contribution in [2.45, 2.75) is 142 Å². The van der Waals surface area contributed by atoms with E-state index >= 15 is 0 Å². The van der Waals surface area contributed by atoms with E-state index < -0.39 is 5.41 Å². The Morgan fingerprint density at radius 3 is 1.20 bits per heavy atom. The minimum Gasteiger partial charge on any atom is -0.310 e. The molecular formula is C100H90N2S. The molecule has 0 unspecified atom stereocenters. The molecule has 4 aliphatic rings. The molecule has 3 heteroatoms. The molecule has 18 rings (SSSR count). The Hall–Kier alpha value is -10.3. The molecular weight excluding hydrogens is 1260 g/mol. The van der Waals surface area contributed by atoms with Gasteiger partial charge in [0.1, 0.15) is 0 Å². The molecule has 13 aromatic carbocycles. The number of benzene rings is 13. The van der Waals surface area contributed by atoms with Gasteiger partial charge in [0.2, 0.25) is 0 Å². The Morgan fingerprint density at radius 1 is 0.291 bits per heavy atom. The van der Waals surface area contributed by atoms with Crippen molar-refractivity contribution in [2.75, 3.05) is 9.80 Å². The first-order chi connectivity index (χ1) is 50.6.